The summed E-state index contributed by atoms with van der Waals surface area (Å²) in [5.74, 6) is -0.351. The summed E-state index contributed by atoms with van der Waals surface area (Å²) in [6.45, 7) is 0. The number of amides is 2. The van der Waals surface area contributed by atoms with Crippen LogP contribution in [0.1, 0.15) is 17.9 Å². The molecule has 0 aliphatic carbocycles. The van der Waals surface area contributed by atoms with Crippen molar-refractivity contribution in [1.82, 2.24) is 4.98 Å². The van der Waals surface area contributed by atoms with Crippen molar-refractivity contribution in [2.75, 3.05) is 10.6 Å². The first-order valence-corrected chi connectivity index (χ1v) is 9.33. The number of nitrogens with zero attached hydrogens (tertiary/aromatic N) is 1. The highest BCUT2D eigenvalue weighted by atomic mass is 16.3. The van der Waals surface area contributed by atoms with E-state index in [0.29, 0.717) is 17.3 Å². The lowest BCUT2D eigenvalue weighted by Gasteiger charge is -2.24. The van der Waals surface area contributed by atoms with E-state index in [1.807, 2.05) is 60.7 Å². The first-order chi connectivity index (χ1) is 14.2. The molecule has 29 heavy (non-hydrogen) atoms. The molecule has 1 atom stereocenters. The predicted molar refractivity (Wildman–Crippen MR) is 111 cm³/mol. The van der Waals surface area contributed by atoms with Gasteiger partial charge in [-0.1, -0.05) is 30.3 Å². The zero-order chi connectivity index (χ0) is 19.8. The van der Waals surface area contributed by atoms with E-state index in [-0.39, 0.29) is 18.2 Å². The number of aromatic nitrogens is 1. The number of hydrogen-bond donors (Lipinski definition) is 2. The standard InChI is InChI=1S/C23H17N3O3/c27-21-13-17(16-5-1-2-6-18(16)25-21)22(28)24-15-11-9-14(10-12-15)23-26-19-7-3-4-8-20(19)29-23/h1-12,17H,13H2,(H,24,28)(H,25,27). The van der Waals surface area contributed by atoms with Gasteiger partial charge in [0.1, 0.15) is 5.52 Å². The molecule has 3 aromatic carbocycles. The van der Waals surface area contributed by atoms with Crippen LogP contribution in [0.3, 0.4) is 0 Å². The fourth-order valence-corrected chi connectivity index (χ4v) is 3.57. The maximum atomic E-state index is 12.8. The summed E-state index contributed by atoms with van der Waals surface area (Å²) in [7, 11) is 0. The molecule has 1 unspecified atom stereocenters. The molecule has 6 heteroatoms. The number of anilines is 2. The first-order valence-electron chi connectivity index (χ1n) is 9.33. The Morgan fingerprint density at radius 3 is 2.59 bits per heavy atom. The zero-order valence-electron chi connectivity index (χ0n) is 15.4. The van der Waals surface area contributed by atoms with Crippen molar-refractivity contribution in [2.45, 2.75) is 12.3 Å². The first kappa shape index (κ1) is 17.2. The summed E-state index contributed by atoms with van der Waals surface area (Å²) in [4.78, 5) is 29.3. The molecule has 5 rings (SSSR count). The number of para-hydroxylation sites is 3. The van der Waals surface area contributed by atoms with E-state index in [4.69, 9.17) is 4.42 Å². The third-order valence-corrected chi connectivity index (χ3v) is 5.01. The van der Waals surface area contributed by atoms with Crippen molar-refractivity contribution < 1.29 is 14.0 Å². The monoisotopic (exact) mass is 383 g/mol. The van der Waals surface area contributed by atoms with Crippen LogP contribution < -0.4 is 10.6 Å². The van der Waals surface area contributed by atoms with Crippen molar-refractivity contribution in [3.05, 3.63) is 78.4 Å². The number of nitrogens with one attached hydrogen (secondary N) is 2. The molecule has 142 valence electrons. The van der Waals surface area contributed by atoms with E-state index < -0.39 is 5.92 Å². The van der Waals surface area contributed by atoms with Crippen LogP contribution in [0.4, 0.5) is 11.4 Å². The van der Waals surface area contributed by atoms with Crippen LogP contribution in [0, 0.1) is 0 Å². The largest absolute Gasteiger partial charge is 0.436 e. The van der Waals surface area contributed by atoms with E-state index in [0.717, 1.165) is 22.2 Å². The molecule has 1 aliphatic heterocycles. The Morgan fingerprint density at radius 2 is 1.76 bits per heavy atom. The maximum Gasteiger partial charge on any atom is 0.232 e. The van der Waals surface area contributed by atoms with Crippen LogP contribution in [-0.2, 0) is 9.59 Å². The molecule has 0 saturated carbocycles. The molecular formula is C23H17N3O3. The van der Waals surface area contributed by atoms with Gasteiger partial charge in [-0.3, -0.25) is 9.59 Å². The van der Waals surface area contributed by atoms with Crippen molar-refractivity contribution in [1.29, 1.82) is 0 Å². The lowest BCUT2D eigenvalue weighted by Crippen LogP contribution is -2.30. The van der Waals surface area contributed by atoms with Crippen LogP contribution in [-0.4, -0.2) is 16.8 Å². The predicted octanol–water partition coefficient (Wildman–Crippen LogP) is 4.56. The zero-order valence-corrected chi connectivity index (χ0v) is 15.4. The van der Waals surface area contributed by atoms with E-state index in [1.165, 1.54) is 0 Å². The van der Waals surface area contributed by atoms with Gasteiger partial charge in [-0.05, 0) is 48.0 Å². The highest BCUT2D eigenvalue weighted by Crippen LogP contribution is 2.33. The second-order valence-electron chi connectivity index (χ2n) is 6.95. The summed E-state index contributed by atoms with van der Waals surface area (Å²) in [6.07, 6.45) is 0.129. The number of rotatable bonds is 3. The van der Waals surface area contributed by atoms with Crippen molar-refractivity contribution in [3.63, 3.8) is 0 Å². The van der Waals surface area contributed by atoms with Gasteiger partial charge in [0.05, 0.1) is 5.92 Å². The molecule has 2 N–H and O–H groups in total. The molecule has 0 spiro atoms. The summed E-state index contributed by atoms with van der Waals surface area (Å²) in [6, 6.07) is 22.3. The van der Waals surface area contributed by atoms with E-state index in [9.17, 15) is 9.59 Å². The molecule has 0 bridgehead atoms. The second kappa shape index (κ2) is 6.91. The summed E-state index contributed by atoms with van der Waals surface area (Å²) in [5.41, 5.74) is 4.52. The Balaban J connectivity index is 1.36. The second-order valence-corrected chi connectivity index (χ2v) is 6.95. The maximum absolute atomic E-state index is 12.8. The molecular weight excluding hydrogens is 366 g/mol. The average Bonchev–Trinajstić information content (AvgIpc) is 3.18. The number of fused-ring (bicyclic) bond motifs is 2. The number of benzene rings is 3. The summed E-state index contributed by atoms with van der Waals surface area (Å²) < 4.78 is 5.78. The number of hydrogen-bond acceptors (Lipinski definition) is 4. The molecule has 1 aromatic heterocycles. The highest BCUT2D eigenvalue weighted by Gasteiger charge is 2.30. The Labute approximate surface area is 166 Å². The third kappa shape index (κ3) is 3.25. The van der Waals surface area contributed by atoms with Crippen LogP contribution in [0.5, 0.6) is 0 Å². The van der Waals surface area contributed by atoms with Gasteiger partial charge in [0.25, 0.3) is 0 Å². The van der Waals surface area contributed by atoms with Gasteiger partial charge < -0.3 is 15.1 Å². The lowest BCUT2D eigenvalue weighted by molar-refractivity contribution is -0.123. The van der Waals surface area contributed by atoms with Gasteiger partial charge in [0.15, 0.2) is 5.58 Å². The minimum Gasteiger partial charge on any atom is -0.436 e. The Morgan fingerprint density at radius 1 is 1.00 bits per heavy atom. The molecule has 2 amide bonds. The van der Waals surface area contributed by atoms with Crippen LogP contribution in [0.25, 0.3) is 22.6 Å². The minimum absolute atomic E-state index is 0.129. The van der Waals surface area contributed by atoms with E-state index in [1.54, 1.807) is 12.1 Å². The molecule has 6 nitrogen and oxygen atoms in total. The molecule has 4 aromatic rings. The van der Waals surface area contributed by atoms with Gasteiger partial charge >= 0.3 is 0 Å². The normalized spacial score (nSPS) is 15.6. The van der Waals surface area contributed by atoms with Crippen molar-refractivity contribution in [3.8, 4) is 11.5 Å². The summed E-state index contributed by atoms with van der Waals surface area (Å²) in [5, 5.41) is 5.72. The van der Waals surface area contributed by atoms with Gasteiger partial charge in [-0.15, -0.1) is 0 Å². The quantitative estimate of drug-likeness (QED) is 0.543. The smallest absolute Gasteiger partial charge is 0.232 e. The average molecular weight is 383 g/mol. The van der Waals surface area contributed by atoms with E-state index in [2.05, 4.69) is 15.6 Å². The topological polar surface area (TPSA) is 84.2 Å². The lowest BCUT2D eigenvalue weighted by atomic mass is 9.90. The van der Waals surface area contributed by atoms with Gasteiger partial charge in [0, 0.05) is 23.4 Å². The molecule has 0 fully saturated rings. The Hall–Kier alpha value is -3.93. The fraction of sp³-hybridized carbons (Fsp3) is 0.0870. The number of carbonyl (C=O) groups excluding carboxylic acids is 2. The van der Waals surface area contributed by atoms with Gasteiger partial charge in [-0.2, -0.15) is 0 Å². The Kier molecular flexibility index (Phi) is 4.09. The highest BCUT2D eigenvalue weighted by molar-refractivity contribution is 6.05. The van der Waals surface area contributed by atoms with Crippen LogP contribution >= 0.6 is 0 Å². The molecule has 2 heterocycles. The van der Waals surface area contributed by atoms with Crippen LogP contribution in [0.15, 0.2) is 77.2 Å². The van der Waals surface area contributed by atoms with Crippen molar-refractivity contribution in [2.24, 2.45) is 0 Å². The van der Waals surface area contributed by atoms with Crippen LogP contribution in [0.2, 0.25) is 0 Å². The van der Waals surface area contributed by atoms with E-state index >= 15 is 0 Å². The summed E-state index contributed by atoms with van der Waals surface area (Å²) >= 11 is 0. The number of oxazole rings is 1. The molecule has 0 radical (unpaired) electrons. The van der Waals surface area contributed by atoms with Gasteiger partial charge in [0.2, 0.25) is 17.7 Å². The SMILES string of the molecule is O=C1CC(C(=O)Nc2ccc(-c3nc4ccccc4o3)cc2)c2ccccc2N1. The van der Waals surface area contributed by atoms with Gasteiger partial charge in [-0.25, -0.2) is 4.98 Å². The third-order valence-electron chi connectivity index (χ3n) is 5.01. The molecule has 1 aliphatic rings. The minimum atomic E-state index is -0.517. The molecule has 0 saturated heterocycles. The number of carbonyl (C=O) groups is 2. The Bertz CT molecular complexity index is 1190. The fourth-order valence-electron chi connectivity index (χ4n) is 3.57. The van der Waals surface area contributed by atoms with Crippen molar-refractivity contribution >= 4 is 34.3 Å².